The van der Waals surface area contributed by atoms with Crippen LogP contribution in [0.1, 0.15) is 22.2 Å². The Hall–Kier alpha value is -2.15. The number of nitrogens with zero attached hydrogens (tertiary/aromatic N) is 4. The Labute approximate surface area is 117 Å². The summed E-state index contributed by atoms with van der Waals surface area (Å²) in [7, 11) is 1.89. The minimum atomic E-state index is -0.0561. The molecule has 1 fully saturated rings. The predicted octanol–water partition coefficient (Wildman–Crippen LogP) is -0.132. The van der Waals surface area contributed by atoms with Gasteiger partial charge in [-0.1, -0.05) is 5.21 Å². The Balaban J connectivity index is 1.74. The van der Waals surface area contributed by atoms with Gasteiger partial charge in [-0.05, 0) is 19.1 Å². The van der Waals surface area contributed by atoms with E-state index in [-0.39, 0.29) is 18.0 Å². The molecule has 7 nitrogen and oxygen atoms in total. The number of hydrogen-bond donors (Lipinski definition) is 2. The van der Waals surface area contributed by atoms with Crippen molar-refractivity contribution in [2.45, 2.75) is 19.0 Å². The lowest BCUT2D eigenvalue weighted by atomic mass is 10.1. The van der Waals surface area contributed by atoms with Crippen LogP contribution in [-0.2, 0) is 7.05 Å². The van der Waals surface area contributed by atoms with E-state index in [9.17, 15) is 4.79 Å². The van der Waals surface area contributed by atoms with Crippen molar-refractivity contribution in [2.24, 2.45) is 7.05 Å². The summed E-state index contributed by atoms with van der Waals surface area (Å²) in [6.07, 6.45) is 3.47. The first kappa shape index (κ1) is 12.9. The van der Waals surface area contributed by atoms with Crippen molar-refractivity contribution < 1.29 is 4.79 Å². The number of amides is 1. The van der Waals surface area contributed by atoms with E-state index in [4.69, 9.17) is 0 Å². The van der Waals surface area contributed by atoms with Crippen molar-refractivity contribution in [3.63, 3.8) is 0 Å². The molecule has 2 N–H and O–H groups in total. The number of nitrogens with one attached hydrogen (secondary N) is 2. The third kappa shape index (κ3) is 2.20. The average molecular weight is 274 g/mol. The van der Waals surface area contributed by atoms with Gasteiger partial charge in [-0.3, -0.25) is 4.79 Å². The molecule has 0 spiro atoms. The summed E-state index contributed by atoms with van der Waals surface area (Å²) < 4.78 is 3.68. The van der Waals surface area contributed by atoms with E-state index >= 15 is 0 Å². The van der Waals surface area contributed by atoms with E-state index in [1.54, 1.807) is 10.9 Å². The molecule has 0 saturated carbocycles. The van der Waals surface area contributed by atoms with Crippen molar-refractivity contribution in [3.8, 4) is 0 Å². The third-order valence-corrected chi connectivity index (χ3v) is 3.88. The van der Waals surface area contributed by atoms with Crippen molar-refractivity contribution >= 4 is 5.91 Å². The summed E-state index contributed by atoms with van der Waals surface area (Å²) in [6, 6.07) is 3.90. The van der Waals surface area contributed by atoms with Crippen LogP contribution in [0.5, 0.6) is 0 Å². The Morgan fingerprint density at radius 1 is 1.45 bits per heavy atom. The molecule has 2 aromatic rings. The Bertz CT molecular complexity index is 602. The molecule has 7 heteroatoms. The van der Waals surface area contributed by atoms with Gasteiger partial charge in [-0.25, -0.2) is 4.68 Å². The van der Waals surface area contributed by atoms with Gasteiger partial charge < -0.3 is 15.2 Å². The fourth-order valence-corrected chi connectivity index (χ4v) is 2.57. The molecule has 0 bridgehead atoms. The quantitative estimate of drug-likeness (QED) is 0.817. The first-order chi connectivity index (χ1) is 9.66. The average Bonchev–Trinajstić information content (AvgIpc) is 3.12. The lowest BCUT2D eigenvalue weighted by Gasteiger charge is -2.20. The van der Waals surface area contributed by atoms with E-state index < -0.39 is 0 Å². The molecule has 2 atom stereocenters. The molecule has 0 aromatic carbocycles. The SMILES string of the molecule is Cc1ccc(C(=O)N[C@@H]2CNC[C@@H]2n2ccnn2)n1C. The molecule has 2 aromatic heterocycles. The van der Waals surface area contributed by atoms with E-state index in [1.807, 2.05) is 36.9 Å². The molecular formula is C13H18N6O. The molecule has 1 aliphatic rings. The zero-order valence-corrected chi connectivity index (χ0v) is 11.6. The molecule has 1 saturated heterocycles. The second kappa shape index (κ2) is 5.09. The van der Waals surface area contributed by atoms with Gasteiger partial charge >= 0.3 is 0 Å². The summed E-state index contributed by atoms with van der Waals surface area (Å²) in [4.78, 5) is 12.3. The summed E-state index contributed by atoms with van der Waals surface area (Å²) in [5, 5.41) is 14.2. The highest BCUT2D eigenvalue weighted by Gasteiger charge is 2.31. The maximum absolute atomic E-state index is 12.3. The monoisotopic (exact) mass is 274 g/mol. The highest BCUT2D eigenvalue weighted by Crippen LogP contribution is 2.15. The van der Waals surface area contributed by atoms with Crippen LogP contribution >= 0.6 is 0 Å². The smallest absolute Gasteiger partial charge is 0.268 e. The van der Waals surface area contributed by atoms with E-state index in [0.29, 0.717) is 5.69 Å². The van der Waals surface area contributed by atoms with Gasteiger partial charge in [-0.15, -0.1) is 5.10 Å². The van der Waals surface area contributed by atoms with Crippen LogP contribution in [0.25, 0.3) is 0 Å². The standard InChI is InChI=1S/C13H18N6O/c1-9-3-4-11(18(9)2)13(20)16-10-7-14-8-12(10)19-6-5-15-17-19/h3-6,10,12,14H,7-8H2,1-2H3,(H,16,20)/t10-,12+/m1/s1. The summed E-state index contributed by atoms with van der Waals surface area (Å²) in [6.45, 7) is 3.49. The maximum atomic E-state index is 12.3. The zero-order valence-electron chi connectivity index (χ0n) is 11.6. The van der Waals surface area contributed by atoms with Gasteiger partial charge in [0.1, 0.15) is 5.69 Å². The minimum Gasteiger partial charge on any atom is -0.345 e. The zero-order chi connectivity index (χ0) is 14.1. The molecule has 20 heavy (non-hydrogen) atoms. The van der Waals surface area contributed by atoms with E-state index in [1.165, 1.54) is 0 Å². The van der Waals surface area contributed by atoms with Crippen LogP contribution in [0.4, 0.5) is 0 Å². The number of hydrogen-bond acceptors (Lipinski definition) is 4. The molecule has 0 aliphatic carbocycles. The second-order valence-corrected chi connectivity index (χ2v) is 5.11. The number of carbonyl (C=O) groups is 1. The summed E-state index contributed by atoms with van der Waals surface area (Å²) in [5.74, 6) is -0.0561. The molecule has 1 aliphatic heterocycles. The number of aryl methyl sites for hydroxylation is 1. The largest absolute Gasteiger partial charge is 0.345 e. The predicted molar refractivity (Wildman–Crippen MR) is 73.3 cm³/mol. The highest BCUT2D eigenvalue weighted by molar-refractivity contribution is 5.93. The molecular weight excluding hydrogens is 256 g/mol. The first-order valence-corrected chi connectivity index (χ1v) is 6.66. The van der Waals surface area contributed by atoms with E-state index in [0.717, 1.165) is 18.8 Å². The van der Waals surface area contributed by atoms with Gasteiger partial charge in [0.05, 0.1) is 18.3 Å². The molecule has 0 unspecified atom stereocenters. The molecule has 0 radical (unpaired) electrons. The summed E-state index contributed by atoms with van der Waals surface area (Å²) >= 11 is 0. The van der Waals surface area contributed by atoms with Gasteiger partial charge in [-0.2, -0.15) is 0 Å². The number of rotatable bonds is 3. The summed E-state index contributed by atoms with van der Waals surface area (Å²) in [5.41, 5.74) is 1.74. The molecule has 3 rings (SSSR count). The first-order valence-electron chi connectivity index (χ1n) is 6.66. The second-order valence-electron chi connectivity index (χ2n) is 5.11. The Morgan fingerprint density at radius 3 is 2.95 bits per heavy atom. The maximum Gasteiger partial charge on any atom is 0.268 e. The topological polar surface area (TPSA) is 76.8 Å². The van der Waals surface area contributed by atoms with Crippen molar-refractivity contribution in [1.29, 1.82) is 0 Å². The minimum absolute atomic E-state index is 0.0133. The van der Waals surface area contributed by atoms with Gasteiger partial charge in [0.2, 0.25) is 0 Å². The van der Waals surface area contributed by atoms with E-state index in [2.05, 4.69) is 20.9 Å². The molecule has 106 valence electrons. The Kier molecular flexibility index (Phi) is 3.27. The lowest BCUT2D eigenvalue weighted by Crippen LogP contribution is -2.41. The van der Waals surface area contributed by atoms with Crippen molar-refractivity contribution in [3.05, 3.63) is 35.9 Å². The van der Waals surface area contributed by atoms with Crippen molar-refractivity contribution in [1.82, 2.24) is 30.2 Å². The van der Waals surface area contributed by atoms with Crippen LogP contribution < -0.4 is 10.6 Å². The fraction of sp³-hybridized carbons (Fsp3) is 0.462. The van der Waals surface area contributed by atoms with Gasteiger partial charge in [0.25, 0.3) is 5.91 Å². The molecule has 1 amide bonds. The number of carbonyl (C=O) groups excluding carboxylic acids is 1. The van der Waals surface area contributed by atoms with Gasteiger partial charge in [0.15, 0.2) is 0 Å². The molecule has 3 heterocycles. The van der Waals surface area contributed by atoms with Crippen molar-refractivity contribution in [2.75, 3.05) is 13.1 Å². The fourth-order valence-electron chi connectivity index (χ4n) is 2.57. The van der Waals surface area contributed by atoms with Gasteiger partial charge in [0, 0.05) is 32.0 Å². The van der Waals surface area contributed by atoms with Crippen LogP contribution in [0.15, 0.2) is 24.5 Å². The normalized spacial score (nSPS) is 22.1. The van der Waals surface area contributed by atoms with Crippen LogP contribution in [-0.4, -0.2) is 44.6 Å². The van der Waals surface area contributed by atoms with Crippen LogP contribution in [0.3, 0.4) is 0 Å². The third-order valence-electron chi connectivity index (χ3n) is 3.88. The Morgan fingerprint density at radius 2 is 2.30 bits per heavy atom. The lowest BCUT2D eigenvalue weighted by molar-refractivity contribution is 0.0922. The van der Waals surface area contributed by atoms with Crippen LogP contribution in [0.2, 0.25) is 0 Å². The number of aromatic nitrogens is 4. The highest BCUT2D eigenvalue weighted by atomic mass is 16.2. The van der Waals surface area contributed by atoms with Crippen LogP contribution in [0, 0.1) is 6.92 Å².